The van der Waals surface area contributed by atoms with Crippen molar-refractivity contribution in [3.05, 3.63) is 48.6 Å². The smallest absolute Gasteiger partial charge is 0.303 e. The van der Waals surface area contributed by atoms with E-state index >= 15 is 0 Å². The summed E-state index contributed by atoms with van der Waals surface area (Å²) in [7, 11) is 0. The highest BCUT2D eigenvalue weighted by Gasteiger charge is 2.13. The molecule has 0 aromatic carbocycles. The van der Waals surface area contributed by atoms with E-state index in [9.17, 15) is 29.4 Å². The van der Waals surface area contributed by atoms with Gasteiger partial charge in [0.1, 0.15) is 24.4 Å². The minimum absolute atomic E-state index is 0.188. The van der Waals surface area contributed by atoms with Gasteiger partial charge in [0.05, 0.1) is 0 Å². The van der Waals surface area contributed by atoms with Crippen LogP contribution < -0.4 is 0 Å². The molecule has 0 saturated carbocycles. The van der Waals surface area contributed by atoms with Crippen LogP contribution in [0.4, 0.5) is 0 Å². The van der Waals surface area contributed by atoms with E-state index < -0.39 is 47.9 Å². The first-order valence-corrected chi connectivity index (χ1v) is 17.2. The molecule has 0 fully saturated rings. The van der Waals surface area contributed by atoms with Gasteiger partial charge in [-0.3, -0.25) is 29.7 Å². The van der Waals surface area contributed by atoms with Gasteiger partial charge < -0.3 is 20.4 Å². The number of hydrogen-bond donors (Lipinski definition) is 6. The molecule has 12 nitrogen and oxygen atoms in total. The van der Waals surface area contributed by atoms with Crippen molar-refractivity contribution >= 4 is 23.5 Å². The van der Waals surface area contributed by atoms with Crippen molar-refractivity contribution in [1.82, 2.24) is 0 Å². The minimum Gasteiger partial charge on any atom is -0.481 e. The van der Waals surface area contributed by atoms with Gasteiger partial charge in [-0.25, -0.2) is 9.78 Å². The van der Waals surface area contributed by atoms with Crippen LogP contribution in [0.3, 0.4) is 0 Å². The maximum absolute atomic E-state index is 11.8. The first kappa shape index (κ1) is 47.1. The van der Waals surface area contributed by atoms with Crippen LogP contribution in [-0.2, 0) is 29.0 Å². The summed E-state index contributed by atoms with van der Waals surface area (Å²) in [6.07, 6.45) is 21.5. The molecule has 0 aliphatic carbocycles. The highest BCUT2D eigenvalue weighted by Crippen LogP contribution is 2.12. The summed E-state index contributed by atoms with van der Waals surface area (Å²) in [6.45, 7) is 3.97. The van der Waals surface area contributed by atoms with Crippen molar-refractivity contribution in [2.24, 2.45) is 0 Å². The molecule has 0 heterocycles. The van der Waals surface area contributed by atoms with Gasteiger partial charge in [-0.2, -0.15) is 0 Å². The first-order chi connectivity index (χ1) is 23.0. The number of carbonyl (C=O) groups is 4. The number of aliphatic hydroxyl groups excluding tert-OH is 2. The summed E-state index contributed by atoms with van der Waals surface area (Å²) in [5.41, 5.74) is 0. The molecule has 0 aromatic heterocycles. The third-order valence-electron chi connectivity index (χ3n) is 7.16. The van der Waals surface area contributed by atoms with Gasteiger partial charge in [-0.05, 0) is 75.7 Å². The lowest BCUT2D eigenvalue weighted by atomic mass is 10.0. The fourth-order valence-corrected chi connectivity index (χ4v) is 4.31. The Morgan fingerprint density at radius 1 is 0.542 bits per heavy atom. The predicted octanol–water partition coefficient (Wildman–Crippen LogP) is 7.00. The predicted molar refractivity (Wildman–Crippen MR) is 183 cm³/mol. The minimum atomic E-state index is -1.07. The Labute approximate surface area is 285 Å². The standard InChI is InChI=1S/2C18H30O6/c1-2-3-7-11-16(19)17(20)14-13-15(24-23)10-8-5-4-6-9-12-18(21)22;1-2-3-7-10-15(24-23)13-14-17(20)16(19)11-8-5-4-6-9-12-18(21)22/h2*3,7,13-16,19,23H,2,4-6,8-12H2,1H3,(H,21,22)/b2*7-3-,14-13+. The van der Waals surface area contributed by atoms with Crippen LogP contribution >= 0.6 is 0 Å². The van der Waals surface area contributed by atoms with E-state index in [2.05, 4.69) is 9.78 Å². The van der Waals surface area contributed by atoms with E-state index in [0.29, 0.717) is 38.5 Å². The summed E-state index contributed by atoms with van der Waals surface area (Å²) < 4.78 is 0. The molecule has 0 aliphatic heterocycles. The fraction of sp³-hybridized carbons (Fsp3) is 0.667. The zero-order valence-corrected chi connectivity index (χ0v) is 28.8. The summed E-state index contributed by atoms with van der Waals surface area (Å²) in [6, 6.07) is 0. The monoisotopic (exact) mass is 684 g/mol. The maximum atomic E-state index is 11.8. The average Bonchev–Trinajstić information content (AvgIpc) is 3.06. The van der Waals surface area contributed by atoms with Gasteiger partial charge in [-0.1, -0.05) is 89.5 Å². The average molecular weight is 685 g/mol. The van der Waals surface area contributed by atoms with Gasteiger partial charge in [0.2, 0.25) is 0 Å². The largest absolute Gasteiger partial charge is 0.481 e. The van der Waals surface area contributed by atoms with Crippen molar-refractivity contribution in [1.29, 1.82) is 0 Å². The lowest BCUT2D eigenvalue weighted by Crippen LogP contribution is -2.18. The number of carbonyl (C=O) groups excluding carboxylic acids is 2. The van der Waals surface area contributed by atoms with Crippen LogP contribution in [-0.4, -0.2) is 78.9 Å². The number of ketones is 2. The van der Waals surface area contributed by atoms with Crippen LogP contribution in [0.25, 0.3) is 0 Å². The molecule has 0 aliphatic rings. The van der Waals surface area contributed by atoms with Crippen molar-refractivity contribution < 1.29 is 59.9 Å². The highest BCUT2D eigenvalue weighted by molar-refractivity contribution is 5.93. The van der Waals surface area contributed by atoms with Crippen molar-refractivity contribution in [2.45, 2.75) is 154 Å². The van der Waals surface area contributed by atoms with E-state index in [1.54, 1.807) is 6.08 Å². The van der Waals surface area contributed by atoms with Gasteiger partial charge in [0.25, 0.3) is 0 Å². The Bertz CT molecular complexity index is 957. The van der Waals surface area contributed by atoms with Crippen LogP contribution in [0, 0.1) is 0 Å². The van der Waals surface area contributed by atoms with E-state index in [1.807, 2.05) is 32.1 Å². The van der Waals surface area contributed by atoms with E-state index in [1.165, 1.54) is 24.3 Å². The van der Waals surface area contributed by atoms with Gasteiger partial charge in [0.15, 0.2) is 11.6 Å². The maximum Gasteiger partial charge on any atom is 0.303 e. The second-order valence-electron chi connectivity index (χ2n) is 11.5. The Balaban J connectivity index is 0. The molecule has 0 bridgehead atoms. The SMILES string of the molecule is CC/C=C\CC(/C=C/C(=O)C(O)CCCCCCCC(=O)O)OO.CC/C=C\CC(O)C(=O)/C=C/C(CCCCCCCC(=O)O)OO. The highest BCUT2D eigenvalue weighted by atomic mass is 17.1. The van der Waals surface area contributed by atoms with Gasteiger partial charge >= 0.3 is 11.9 Å². The number of rotatable bonds is 30. The third kappa shape index (κ3) is 31.6. The summed E-state index contributed by atoms with van der Waals surface area (Å²) in [5, 5.41) is 54.1. The lowest BCUT2D eigenvalue weighted by molar-refractivity contribution is -0.267. The second kappa shape index (κ2) is 33.9. The topological polar surface area (TPSA) is 208 Å². The number of unbranched alkanes of at least 4 members (excludes halogenated alkanes) is 8. The Kier molecular flexibility index (Phi) is 33.3. The molecule has 0 amide bonds. The summed E-state index contributed by atoms with van der Waals surface area (Å²) >= 11 is 0. The Hall–Kier alpha value is -3.00. The van der Waals surface area contributed by atoms with Crippen LogP contribution in [0.5, 0.6) is 0 Å². The normalized spacial score (nSPS) is 14.3. The number of allylic oxidation sites excluding steroid dienone is 2. The fourth-order valence-electron chi connectivity index (χ4n) is 4.31. The summed E-state index contributed by atoms with van der Waals surface area (Å²) in [5.74, 6) is -2.36. The zero-order chi connectivity index (χ0) is 36.4. The number of carboxylic acid groups (broad SMARTS) is 2. The third-order valence-corrected chi connectivity index (χ3v) is 7.16. The number of hydrogen-bond acceptors (Lipinski definition) is 10. The molecule has 6 N–H and O–H groups in total. The molecule has 0 spiro atoms. The quantitative estimate of drug-likeness (QED) is 0.0149. The zero-order valence-electron chi connectivity index (χ0n) is 28.8. The number of aliphatic hydroxyl groups is 2. The number of carboxylic acids is 2. The van der Waals surface area contributed by atoms with E-state index in [-0.39, 0.29) is 19.3 Å². The molecule has 12 heteroatoms. The molecule has 4 atom stereocenters. The van der Waals surface area contributed by atoms with Gasteiger partial charge in [0, 0.05) is 12.8 Å². The second-order valence-corrected chi connectivity index (χ2v) is 11.5. The lowest BCUT2D eigenvalue weighted by Gasteiger charge is -2.09. The molecule has 0 radical (unpaired) electrons. The van der Waals surface area contributed by atoms with Crippen LogP contribution in [0.2, 0.25) is 0 Å². The van der Waals surface area contributed by atoms with Crippen molar-refractivity contribution in [2.75, 3.05) is 0 Å². The van der Waals surface area contributed by atoms with Crippen LogP contribution in [0.15, 0.2) is 48.6 Å². The Morgan fingerprint density at radius 3 is 1.44 bits per heavy atom. The Morgan fingerprint density at radius 2 is 0.958 bits per heavy atom. The molecule has 0 aromatic rings. The van der Waals surface area contributed by atoms with Crippen molar-refractivity contribution in [3.8, 4) is 0 Å². The molecular weight excluding hydrogens is 624 g/mol. The molecule has 0 rings (SSSR count). The first-order valence-electron chi connectivity index (χ1n) is 17.2. The summed E-state index contributed by atoms with van der Waals surface area (Å²) in [4.78, 5) is 52.8. The van der Waals surface area contributed by atoms with Gasteiger partial charge in [-0.15, -0.1) is 0 Å². The van der Waals surface area contributed by atoms with Crippen molar-refractivity contribution in [3.63, 3.8) is 0 Å². The molecule has 4 unspecified atom stereocenters. The number of aliphatic carboxylic acids is 2. The molecule has 276 valence electrons. The van der Waals surface area contributed by atoms with E-state index in [4.69, 9.17) is 20.7 Å². The molecular formula is C36H60O12. The van der Waals surface area contributed by atoms with Crippen LogP contribution in [0.1, 0.15) is 129 Å². The molecule has 48 heavy (non-hydrogen) atoms. The van der Waals surface area contributed by atoms with E-state index in [0.717, 1.165) is 57.8 Å². The molecule has 0 saturated heterocycles.